The first-order chi connectivity index (χ1) is 26.0. The van der Waals surface area contributed by atoms with E-state index in [0.29, 0.717) is 41.8 Å². The highest BCUT2D eigenvalue weighted by Crippen LogP contribution is 2.34. The van der Waals surface area contributed by atoms with Crippen molar-refractivity contribution in [1.29, 1.82) is 0 Å². The molecule has 4 aromatic carbocycles. The smallest absolute Gasteiger partial charge is 0.416 e. The third-order valence-corrected chi connectivity index (χ3v) is 9.35. The summed E-state index contributed by atoms with van der Waals surface area (Å²) < 4.78 is 56.0. The Bertz CT molecular complexity index is 2010. The number of aryl methyl sites for hydroxylation is 2. The number of ether oxygens (including phenoxy) is 3. The van der Waals surface area contributed by atoms with E-state index in [9.17, 15) is 18.0 Å². The van der Waals surface area contributed by atoms with Crippen molar-refractivity contribution in [3.05, 3.63) is 153 Å². The van der Waals surface area contributed by atoms with Gasteiger partial charge in [0, 0.05) is 51.3 Å². The molecule has 0 bridgehead atoms. The van der Waals surface area contributed by atoms with Crippen LogP contribution in [0.5, 0.6) is 23.1 Å². The van der Waals surface area contributed by atoms with E-state index in [0.717, 1.165) is 55.1 Å². The van der Waals surface area contributed by atoms with Crippen molar-refractivity contribution in [3.63, 3.8) is 0 Å². The molecule has 1 aliphatic heterocycles. The lowest BCUT2D eigenvalue weighted by Crippen LogP contribution is -2.47. The molecule has 0 radical (unpaired) electrons. The van der Waals surface area contributed by atoms with E-state index in [1.165, 1.54) is 35.0 Å². The van der Waals surface area contributed by atoms with Gasteiger partial charge < -0.3 is 19.1 Å². The molecular weight excluding hydrogens is 715 g/mol. The standard InChI is InChI=1S/C43H41ClF3N3O4/c1-30-3-5-32(6-4-30)19-24-52-37-14-9-33(10-15-37)28-49-20-22-50(23-21-49)41(51)18-11-35-25-31(2)42(39(44)26-35)54-40-17-16-38(27-48-40)53-29-34-7-12-36(13-8-34)43(45,46)47/h3-18,25-27H,19-24,28-29H2,1-2H3. The van der Waals surface area contributed by atoms with Gasteiger partial charge in [-0.25, -0.2) is 4.98 Å². The zero-order valence-electron chi connectivity index (χ0n) is 30.1. The number of carbonyl (C=O) groups is 1. The zero-order chi connectivity index (χ0) is 38.1. The van der Waals surface area contributed by atoms with Crippen LogP contribution in [0.1, 0.15) is 38.9 Å². The van der Waals surface area contributed by atoms with E-state index >= 15 is 0 Å². The highest BCUT2D eigenvalue weighted by molar-refractivity contribution is 6.32. The molecule has 0 spiro atoms. The largest absolute Gasteiger partial charge is 0.493 e. The predicted molar refractivity (Wildman–Crippen MR) is 204 cm³/mol. The highest BCUT2D eigenvalue weighted by Gasteiger charge is 2.30. The summed E-state index contributed by atoms with van der Waals surface area (Å²) in [6.45, 7) is 8.32. The number of piperazine rings is 1. The van der Waals surface area contributed by atoms with Gasteiger partial charge in [-0.2, -0.15) is 13.2 Å². The van der Waals surface area contributed by atoms with E-state index in [2.05, 4.69) is 53.2 Å². The SMILES string of the molecule is Cc1ccc(CCOc2ccc(CN3CCN(C(=O)C=Cc4cc(C)c(Oc5ccc(OCc6ccc(C(F)(F)F)cc6)cn5)c(Cl)c4)CC3)cc2)cc1. The molecule has 54 heavy (non-hydrogen) atoms. The van der Waals surface area contributed by atoms with Crippen LogP contribution >= 0.6 is 11.6 Å². The summed E-state index contributed by atoms with van der Waals surface area (Å²) >= 11 is 6.59. The maximum Gasteiger partial charge on any atom is 0.416 e. The molecule has 1 aromatic heterocycles. The first kappa shape index (κ1) is 38.4. The lowest BCUT2D eigenvalue weighted by atomic mass is 10.1. The Hall–Kier alpha value is -5.32. The Labute approximate surface area is 318 Å². The van der Waals surface area contributed by atoms with Crippen molar-refractivity contribution in [3.8, 4) is 23.1 Å². The van der Waals surface area contributed by atoms with E-state index < -0.39 is 11.7 Å². The molecule has 0 unspecified atom stereocenters. The zero-order valence-corrected chi connectivity index (χ0v) is 30.9. The molecule has 0 saturated carbocycles. The highest BCUT2D eigenvalue weighted by atomic mass is 35.5. The topological polar surface area (TPSA) is 64.1 Å². The second-order valence-corrected chi connectivity index (χ2v) is 13.6. The fourth-order valence-electron chi connectivity index (χ4n) is 5.95. The minimum absolute atomic E-state index is 0.0549. The molecule has 0 atom stereocenters. The fraction of sp³-hybridized carbons (Fsp3) is 0.256. The number of pyridine rings is 1. The number of aromatic nitrogens is 1. The Morgan fingerprint density at radius 1 is 0.815 bits per heavy atom. The average molecular weight is 756 g/mol. The lowest BCUT2D eigenvalue weighted by Gasteiger charge is -2.34. The van der Waals surface area contributed by atoms with Gasteiger partial charge in [-0.3, -0.25) is 9.69 Å². The Morgan fingerprint density at radius 3 is 2.13 bits per heavy atom. The lowest BCUT2D eigenvalue weighted by molar-refractivity contribution is -0.137. The number of halogens is 4. The second kappa shape index (κ2) is 17.7. The van der Waals surface area contributed by atoms with Gasteiger partial charge in [-0.15, -0.1) is 0 Å². The number of benzene rings is 4. The van der Waals surface area contributed by atoms with Gasteiger partial charge in [0.2, 0.25) is 11.8 Å². The van der Waals surface area contributed by atoms with E-state index in [-0.39, 0.29) is 18.4 Å². The maximum atomic E-state index is 13.0. The van der Waals surface area contributed by atoms with Crippen molar-refractivity contribution in [1.82, 2.24) is 14.8 Å². The number of alkyl halides is 3. The molecule has 280 valence electrons. The first-order valence-corrected chi connectivity index (χ1v) is 18.1. The first-order valence-electron chi connectivity index (χ1n) is 17.7. The number of hydrogen-bond acceptors (Lipinski definition) is 6. The molecule has 2 heterocycles. The van der Waals surface area contributed by atoms with E-state index in [4.69, 9.17) is 25.8 Å². The average Bonchev–Trinajstić information content (AvgIpc) is 3.16. The van der Waals surface area contributed by atoms with Gasteiger partial charge in [-0.05, 0) is 90.2 Å². The summed E-state index contributed by atoms with van der Waals surface area (Å²) in [5, 5.41) is 0.363. The molecule has 1 saturated heterocycles. The van der Waals surface area contributed by atoms with Crippen molar-refractivity contribution >= 4 is 23.6 Å². The molecule has 0 N–H and O–H groups in total. The number of nitrogens with zero attached hydrogens (tertiary/aromatic N) is 3. The minimum Gasteiger partial charge on any atom is -0.493 e. The molecule has 1 aliphatic rings. The Morgan fingerprint density at radius 2 is 1.48 bits per heavy atom. The Balaban J connectivity index is 0.929. The second-order valence-electron chi connectivity index (χ2n) is 13.2. The third kappa shape index (κ3) is 10.9. The van der Waals surface area contributed by atoms with Gasteiger partial charge in [-0.1, -0.05) is 65.7 Å². The van der Waals surface area contributed by atoms with Gasteiger partial charge >= 0.3 is 6.18 Å². The van der Waals surface area contributed by atoms with Crippen LogP contribution in [0, 0.1) is 13.8 Å². The van der Waals surface area contributed by atoms with Crippen molar-refractivity contribution in [2.45, 2.75) is 39.6 Å². The number of amides is 1. The van der Waals surface area contributed by atoms with Crippen LogP contribution in [0.25, 0.3) is 6.08 Å². The summed E-state index contributed by atoms with van der Waals surface area (Å²) in [6, 6.07) is 28.4. The maximum absolute atomic E-state index is 13.0. The molecule has 1 amide bonds. The van der Waals surface area contributed by atoms with Gasteiger partial charge in [0.1, 0.15) is 18.1 Å². The van der Waals surface area contributed by atoms with Crippen molar-refractivity contribution in [2.24, 2.45) is 0 Å². The fourth-order valence-corrected chi connectivity index (χ4v) is 6.26. The molecule has 6 rings (SSSR count). The van der Waals surface area contributed by atoms with Crippen LogP contribution in [0.2, 0.25) is 5.02 Å². The van der Waals surface area contributed by atoms with Gasteiger partial charge in [0.15, 0.2) is 5.75 Å². The molecule has 7 nitrogen and oxygen atoms in total. The molecular formula is C43H41ClF3N3O4. The summed E-state index contributed by atoms with van der Waals surface area (Å²) in [7, 11) is 0. The van der Waals surface area contributed by atoms with Crippen molar-refractivity contribution < 1.29 is 32.2 Å². The summed E-state index contributed by atoms with van der Waals surface area (Å²) in [6.07, 6.45) is 1.27. The van der Waals surface area contributed by atoms with Crippen LogP contribution < -0.4 is 14.2 Å². The van der Waals surface area contributed by atoms with Crippen molar-refractivity contribution in [2.75, 3.05) is 32.8 Å². The summed E-state index contributed by atoms with van der Waals surface area (Å²) in [5.41, 5.74) is 5.12. The van der Waals surface area contributed by atoms with Crippen LogP contribution in [-0.4, -0.2) is 53.5 Å². The number of hydrogen-bond donors (Lipinski definition) is 0. The number of rotatable bonds is 13. The molecule has 1 fully saturated rings. The summed E-state index contributed by atoms with van der Waals surface area (Å²) in [5.74, 6) is 1.96. The predicted octanol–water partition coefficient (Wildman–Crippen LogP) is 9.72. The summed E-state index contributed by atoms with van der Waals surface area (Å²) in [4.78, 5) is 21.5. The molecule has 0 aliphatic carbocycles. The van der Waals surface area contributed by atoms with Crippen LogP contribution in [-0.2, 0) is 30.5 Å². The monoisotopic (exact) mass is 755 g/mol. The van der Waals surface area contributed by atoms with Crippen LogP contribution in [0.4, 0.5) is 13.2 Å². The van der Waals surface area contributed by atoms with E-state index in [1.807, 2.05) is 30.0 Å². The third-order valence-electron chi connectivity index (χ3n) is 9.07. The minimum atomic E-state index is -4.39. The van der Waals surface area contributed by atoms with Gasteiger partial charge in [0.25, 0.3) is 0 Å². The van der Waals surface area contributed by atoms with Crippen LogP contribution in [0.15, 0.2) is 109 Å². The quantitative estimate of drug-likeness (QED) is 0.112. The normalized spacial score (nSPS) is 13.6. The van der Waals surface area contributed by atoms with Crippen LogP contribution in [0.3, 0.4) is 0 Å². The van der Waals surface area contributed by atoms with E-state index in [1.54, 1.807) is 30.4 Å². The van der Waals surface area contributed by atoms with Gasteiger partial charge in [0.05, 0.1) is 23.4 Å². The number of carbonyl (C=O) groups excluding carboxylic acids is 1. The molecule has 5 aromatic rings. The Kier molecular flexibility index (Phi) is 12.6. The molecule has 11 heteroatoms.